The predicted molar refractivity (Wildman–Crippen MR) is 67.6 cm³/mol. The molecule has 18 heavy (non-hydrogen) atoms. The largest absolute Gasteiger partial charge is 0.351 e. The van der Waals surface area contributed by atoms with Gasteiger partial charge < -0.3 is 11.1 Å². The Morgan fingerprint density at radius 1 is 1.50 bits per heavy atom. The number of aromatic nitrogens is 2. The standard InChI is InChI=1S/C12H14N4O2/c1-8-2-3-10-15-6-9(11(17)14-5-4-13)12(18)16(10)7-8/h2-3,6-7H,4-5,13H2,1H3,(H,14,17). The van der Waals surface area contributed by atoms with Crippen LogP contribution in [-0.4, -0.2) is 28.4 Å². The van der Waals surface area contributed by atoms with Crippen molar-refractivity contribution >= 4 is 11.6 Å². The third-order valence-corrected chi connectivity index (χ3v) is 2.52. The van der Waals surface area contributed by atoms with E-state index in [-0.39, 0.29) is 11.1 Å². The molecule has 94 valence electrons. The molecule has 0 radical (unpaired) electrons. The lowest BCUT2D eigenvalue weighted by Gasteiger charge is -2.05. The van der Waals surface area contributed by atoms with Gasteiger partial charge in [-0.3, -0.25) is 14.0 Å². The molecule has 0 aliphatic heterocycles. The first kappa shape index (κ1) is 12.3. The summed E-state index contributed by atoms with van der Waals surface area (Å²) in [6.45, 7) is 2.52. The van der Waals surface area contributed by atoms with E-state index in [2.05, 4.69) is 10.3 Å². The highest BCUT2D eigenvalue weighted by molar-refractivity contribution is 5.93. The minimum absolute atomic E-state index is 0.0200. The van der Waals surface area contributed by atoms with Crippen molar-refractivity contribution in [1.29, 1.82) is 0 Å². The van der Waals surface area contributed by atoms with Crippen molar-refractivity contribution in [3.63, 3.8) is 0 Å². The maximum absolute atomic E-state index is 12.1. The quantitative estimate of drug-likeness (QED) is 0.777. The maximum atomic E-state index is 12.1. The van der Waals surface area contributed by atoms with Gasteiger partial charge in [0.15, 0.2) is 0 Å². The van der Waals surface area contributed by atoms with Gasteiger partial charge in [0.05, 0.1) is 0 Å². The summed E-state index contributed by atoms with van der Waals surface area (Å²) in [7, 11) is 0. The van der Waals surface area contributed by atoms with E-state index in [4.69, 9.17) is 5.73 Å². The monoisotopic (exact) mass is 246 g/mol. The van der Waals surface area contributed by atoms with Gasteiger partial charge in [0.2, 0.25) is 0 Å². The summed E-state index contributed by atoms with van der Waals surface area (Å²) in [5.41, 5.74) is 6.37. The third-order valence-electron chi connectivity index (χ3n) is 2.52. The number of nitrogens with one attached hydrogen (secondary N) is 1. The number of rotatable bonds is 3. The van der Waals surface area contributed by atoms with Crippen LogP contribution >= 0.6 is 0 Å². The number of nitrogens with two attached hydrogens (primary N) is 1. The van der Waals surface area contributed by atoms with Crippen molar-refractivity contribution in [3.8, 4) is 0 Å². The molecule has 3 N–H and O–H groups in total. The van der Waals surface area contributed by atoms with Crippen LogP contribution in [0.4, 0.5) is 0 Å². The van der Waals surface area contributed by atoms with Crippen LogP contribution in [0.1, 0.15) is 15.9 Å². The molecule has 0 bridgehead atoms. The summed E-state index contributed by atoms with van der Waals surface area (Å²) in [6.07, 6.45) is 2.95. The van der Waals surface area contributed by atoms with E-state index < -0.39 is 5.91 Å². The Hall–Kier alpha value is -2.21. The number of pyridine rings is 1. The van der Waals surface area contributed by atoms with E-state index in [1.807, 2.05) is 13.0 Å². The highest BCUT2D eigenvalue weighted by Crippen LogP contribution is 2.01. The van der Waals surface area contributed by atoms with Gasteiger partial charge in [-0.05, 0) is 18.6 Å². The molecule has 0 fully saturated rings. The number of amides is 1. The molecule has 2 aromatic heterocycles. The lowest BCUT2D eigenvalue weighted by Crippen LogP contribution is -2.34. The summed E-state index contributed by atoms with van der Waals surface area (Å²) >= 11 is 0. The highest BCUT2D eigenvalue weighted by atomic mass is 16.2. The Kier molecular flexibility index (Phi) is 3.38. The molecule has 0 saturated heterocycles. The SMILES string of the molecule is Cc1ccc2ncc(C(=O)NCCN)c(=O)n2c1. The molecule has 0 saturated carbocycles. The molecule has 0 atom stereocenters. The summed E-state index contributed by atoms with van der Waals surface area (Å²) < 4.78 is 1.37. The summed E-state index contributed by atoms with van der Waals surface area (Å²) in [5.74, 6) is -0.450. The molecule has 6 heteroatoms. The zero-order valence-corrected chi connectivity index (χ0v) is 10.0. The van der Waals surface area contributed by atoms with E-state index in [1.165, 1.54) is 10.6 Å². The topological polar surface area (TPSA) is 89.5 Å². The fraction of sp³-hybridized carbons (Fsp3) is 0.250. The van der Waals surface area contributed by atoms with Crippen LogP contribution in [-0.2, 0) is 0 Å². The van der Waals surface area contributed by atoms with Crippen LogP contribution < -0.4 is 16.6 Å². The van der Waals surface area contributed by atoms with Crippen molar-refractivity contribution in [1.82, 2.24) is 14.7 Å². The highest BCUT2D eigenvalue weighted by Gasteiger charge is 2.12. The van der Waals surface area contributed by atoms with Crippen LogP contribution in [0.2, 0.25) is 0 Å². The molecule has 1 amide bonds. The Bertz CT molecular complexity index is 648. The smallest absolute Gasteiger partial charge is 0.270 e. The van der Waals surface area contributed by atoms with E-state index >= 15 is 0 Å². The van der Waals surface area contributed by atoms with E-state index in [9.17, 15) is 9.59 Å². The second-order valence-corrected chi connectivity index (χ2v) is 3.96. The van der Waals surface area contributed by atoms with Crippen molar-refractivity contribution in [2.75, 3.05) is 13.1 Å². The molecule has 0 aromatic carbocycles. The first-order valence-electron chi connectivity index (χ1n) is 5.60. The number of hydrogen-bond donors (Lipinski definition) is 2. The van der Waals surface area contributed by atoms with E-state index in [1.54, 1.807) is 12.3 Å². The normalized spacial score (nSPS) is 10.6. The van der Waals surface area contributed by atoms with Crippen LogP contribution in [0.15, 0.2) is 29.3 Å². The van der Waals surface area contributed by atoms with E-state index in [0.29, 0.717) is 18.7 Å². The fourth-order valence-electron chi connectivity index (χ4n) is 1.62. The Morgan fingerprint density at radius 3 is 3.00 bits per heavy atom. The van der Waals surface area contributed by atoms with Gasteiger partial charge in [0.25, 0.3) is 11.5 Å². The van der Waals surface area contributed by atoms with Crippen LogP contribution in [0.25, 0.3) is 5.65 Å². The molecule has 0 spiro atoms. The summed E-state index contributed by atoms with van der Waals surface area (Å²) in [4.78, 5) is 27.9. The van der Waals surface area contributed by atoms with Crippen molar-refractivity contribution in [2.24, 2.45) is 5.73 Å². The van der Waals surface area contributed by atoms with Crippen LogP contribution in [0, 0.1) is 6.92 Å². The second-order valence-electron chi connectivity index (χ2n) is 3.96. The molecule has 0 aliphatic carbocycles. The number of aryl methyl sites for hydroxylation is 1. The number of hydrogen-bond acceptors (Lipinski definition) is 4. The van der Waals surface area contributed by atoms with Gasteiger partial charge in [-0.2, -0.15) is 0 Å². The Labute approximate surface area is 103 Å². The summed E-state index contributed by atoms with van der Waals surface area (Å²) in [5, 5.41) is 2.55. The lowest BCUT2D eigenvalue weighted by atomic mass is 10.2. The van der Waals surface area contributed by atoms with Gasteiger partial charge in [-0.25, -0.2) is 4.98 Å². The third kappa shape index (κ3) is 2.23. The molecule has 0 aliphatic rings. The predicted octanol–water partition coefficient (Wildman–Crippen LogP) is -0.309. The molecule has 2 aromatic rings. The maximum Gasteiger partial charge on any atom is 0.270 e. The molecule has 6 nitrogen and oxygen atoms in total. The zero-order valence-electron chi connectivity index (χ0n) is 10.0. The van der Waals surface area contributed by atoms with Crippen LogP contribution in [0.3, 0.4) is 0 Å². The Morgan fingerprint density at radius 2 is 2.28 bits per heavy atom. The van der Waals surface area contributed by atoms with Crippen molar-refractivity contribution < 1.29 is 4.79 Å². The fourth-order valence-corrected chi connectivity index (χ4v) is 1.62. The van der Waals surface area contributed by atoms with Gasteiger partial charge in [0, 0.05) is 25.5 Å². The number of fused-ring (bicyclic) bond motifs is 1. The average Bonchev–Trinajstić information content (AvgIpc) is 2.37. The molecule has 2 rings (SSSR count). The first-order valence-corrected chi connectivity index (χ1v) is 5.60. The zero-order chi connectivity index (χ0) is 13.1. The molecular formula is C12H14N4O2. The van der Waals surface area contributed by atoms with E-state index in [0.717, 1.165) is 5.56 Å². The van der Waals surface area contributed by atoms with Crippen molar-refractivity contribution in [3.05, 3.63) is 46.0 Å². The number of carbonyl (C=O) groups is 1. The van der Waals surface area contributed by atoms with Gasteiger partial charge >= 0.3 is 0 Å². The van der Waals surface area contributed by atoms with Gasteiger partial charge in [0.1, 0.15) is 11.2 Å². The minimum Gasteiger partial charge on any atom is -0.351 e. The molecular weight excluding hydrogens is 232 g/mol. The second kappa shape index (κ2) is 4.97. The number of nitrogens with zero attached hydrogens (tertiary/aromatic N) is 2. The first-order chi connectivity index (χ1) is 8.63. The minimum atomic E-state index is -0.450. The summed E-state index contributed by atoms with van der Waals surface area (Å²) in [6, 6.07) is 3.59. The van der Waals surface area contributed by atoms with Gasteiger partial charge in [-0.1, -0.05) is 6.07 Å². The lowest BCUT2D eigenvalue weighted by molar-refractivity contribution is 0.0952. The number of carbonyl (C=O) groups excluding carboxylic acids is 1. The van der Waals surface area contributed by atoms with Gasteiger partial charge in [-0.15, -0.1) is 0 Å². The van der Waals surface area contributed by atoms with Crippen molar-refractivity contribution in [2.45, 2.75) is 6.92 Å². The molecule has 0 unspecified atom stereocenters. The average molecular weight is 246 g/mol. The molecule has 2 heterocycles. The van der Waals surface area contributed by atoms with Crippen LogP contribution in [0.5, 0.6) is 0 Å². The Balaban J connectivity index is 2.50.